The van der Waals surface area contributed by atoms with Crippen molar-refractivity contribution >= 4 is 23.6 Å². The lowest BCUT2D eigenvalue weighted by atomic mass is 10.0. The maximum Gasteiger partial charge on any atom is 0.207 e. The van der Waals surface area contributed by atoms with E-state index >= 15 is 0 Å². The maximum absolute atomic E-state index is 13.6. The van der Waals surface area contributed by atoms with Gasteiger partial charge in [0, 0.05) is 48.4 Å². The van der Waals surface area contributed by atoms with Gasteiger partial charge < -0.3 is 10.6 Å². The zero-order valence-electron chi connectivity index (χ0n) is 14.2. The highest BCUT2D eigenvalue weighted by molar-refractivity contribution is 7.98. The number of nitrogens with one attached hydrogen (secondary N) is 2. The molecule has 0 atom stereocenters. The number of benzene rings is 2. The van der Waals surface area contributed by atoms with Crippen LogP contribution in [-0.4, -0.2) is 17.5 Å². The van der Waals surface area contributed by atoms with Crippen molar-refractivity contribution < 1.29 is 8.78 Å². The molecule has 0 saturated carbocycles. The predicted molar refractivity (Wildman–Crippen MR) is 105 cm³/mol. The van der Waals surface area contributed by atoms with E-state index in [0.717, 1.165) is 34.3 Å². The number of para-hydroxylation sites is 1. The molecular weight excluding hydrogens is 366 g/mol. The molecule has 0 fully saturated rings. The molecule has 4 nitrogen and oxygen atoms in total. The number of hydrogen-bond donors (Lipinski definition) is 2. The van der Waals surface area contributed by atoms with Crippen molar-refractivity contribution in [2.45, 2.75) is 11.3 Å². The monoisotopic (exact) mass is 382 g/mol. The average molecular weight is 382 g/mol. The summed E-state index contributed by atoms with van der Waals surface area (Å²) in [5.74, 6) is -0.602. The molecule has 3 aromatic rings. The SMILES string of the molecule is Fc1cc(F)cc(-c2cccc3c2NC(NCCc2ccccn2)=NS3)c1. The van der Waals surface area contributed by atoms with E-state index in [1.165, 1.54) is 24.1 Å². The largest absolute Gasteiger partial charge is 0.355 e. The third-order valence-electron chi connectivity index (χ3n) is 4.08. The normalized spacial score (nSPS) is 12.7. The molecule has 1 aliphatic heterocycles. The Hall–Kier alpha value is -2.93. The Kier molecular flexibility index (Phi) is 5.02. The van der Waals surface area contributed by atoms with Crippen molar-refractivity contribution in [1.29, 1.82) is 0 Å². The van der Waals surface area contributed by atoms with Crippen LogP contribution in [0.1, 0.15) is 5.69 Å². The topological polar surface area (TPSA) is 49.3 Å². The lowest BCUT2D eigenvalue weighted by Crippen LogP contribution is -2.33. The van der Waals surface area contributed by atoms with Crippen LogP contribution in [0, 0.1) is 11.6 Å². The molecule has 7 heteroatoms. The zero-order valence-corrected chi connectivity index (χ0v) is 15.1. The molecule has 1 aromatic heterocycles. The molecule has 27 heavy (non-hydrogen) atoms. The Labute approximate surface area is 159 Å². The molecule has 1 aliphatic rings. The second-order valence-electron chi connectivity index (χ2n) is 5.99. The summed E-state index contributed by atoms with van der Waals surface area (Å²) >= 11 is 1.32. The lowest BCUT2D eigenvalue weighted by Gasteiger charge is -2.21. The van der Waals surface area contributed by atoms with Gasteiger partial charge in [-0.25, -0.2) is 8.78 Å². The van der Waals surface area contributed by atoms with Crippen LogP contribution < -0.4 is 10.6 Å². The van der Waals surface area contributed by atoms with E-state index in [1.54, 1.807) is 6.20 Å². The van der Waals surface area contributed by atoms with E-state index < -0.39 is 11.6 Å². The van der Waals surface area contributed by atoms with Crippen LogP contribution in [0.25, 0.3) is 11.1 Å². The van der Waals surface area contributed by atoms with E-state index in [-0.39, 0.29) is 0 Å². The van der Waals surface area contributed by atoms with Crippen molar-refractivity contribution in [3.8, 4) is 11.1 Å². The quantitative estimate of drug-likeness (QED) is 0.645. The fraction of sp³-hybridized carbons (Fsp3) is 0.100. The van der Waals surface area contributed by atoms with E-state index in [0.29, 0.717) is 18.1 Å². The molecule has 0 spiro atoms. The van der Waals surface area contributed by atoms with E-state index in [9.17, 15) is 8.78 Å². The molecule has 0 amide bonds. The highest BCUT2D eigenvalue weighted by atomic mass is 32.2. The standard InChI is InChI=1S/C20H16F2N4S/c21-14-10-13(11-15(22)12-14)17-5-3-6-18-19(17)25-20(26-27-18)24-9-7-16-4-1-2-8-23-16/h1-6,8,10-12H,7,9H2,(H2,24,25,26). The van der Waals surface area contributed by atoms with Gasteiger partial charge in [0.25, 0.3) is 0 Å². The van der Waals surface area contributed by atoms with E-state index in [2.05, 4.69) is 20.0 Å². The molecule has 0 bridgehead atoms. The number of guanidine groups is 1. The van der Waals surface area contributed by atoms with Crippen LogP contribution in [0.15, 0.2) is 70.1 Å². The summed E-state index contributed by atoms with van der Waals surface area (Å²) in [7, 11) is 0. The van der Waals surface area contributed by atoms with Gasteiger partial charge in [0.1, 0.15) is 11.6 Å². The van der Waals surface area contributed by atoms with Crippen molar-refractivity contribution in [1.82, 2.24) is 10.3 Å². The highest BCUT2D eigenvalue weighted by Gasteiger charge is 2.18. The summed E-state index contributed by atoms with van der Waals surface area (Å²) in [5, 5.41) is 6.48. The second-order valence-corrected chi connectivity index (χ2v) is 6.80. The van der Waals surface area contributed by atoms with Crippen LogP contribution in [0.2, 0.25) is 0 Å². The van der Waals surface area contributed by atoms with Gasteiger partial charge >= 0.3 is 0 Å². The Bertz CT molecular complexity index is 972. The Morgan fingerprint density at radius 2 is 1.85 bits per heavy atom. The number of nitrogens with zero attached hydrogens (tertiary/aromatic N) is 2. The van der Waals surface area contributed by atoms with Crippen molar-refractivity contribution in [2.24, 2.45) is 4.40 Å². The predicted octanol–water partition coefficient (Wildman–Crippen LogP) is 4.65. The second kappa shape index (κ2) is 7.75. The molecule has 136 valence electrons. The summed E-state index contributed by atoms with van der Waals surface area (Å²) in [6.07, 6.45) is 2.53. The van der Waals surface area contributed by atoms with Gasteiger partial charge in [0.15, 0.2) is 0 Å². The summed E-state index contributed by atoms with van der Waals surface area (Å²) in [6, 6.07) is 14.9. The lowest BCUT2D eigenvalue weighted by molar-refractivity contribution is 0.584. The van der Waals surface area contributed by atoms with Gasteiger partial charge in [-0.05, 0) is 35.9 Å². The van der Waals surface area contributed by atoms with Gasteiger partial charge in [-0.15, -0.1) is 0 Å². The average Bonchev–Trinajstić information content (AvgIpc) is 2.67. The molecule has 2 aromatic carbocycles. The van der Waals surface area contributed by atoms with E-state index in [1.807, 2.05) is 36.4 Å². The van der Waals surface area contributed by atoms with Crippen LogP contribution in [0.3, 0.4) is 0 Å². The zero-order chi connectivity index (χ0) is 18.6. The van der Waals surface area contributed by atoms with E-state index in [4.69, 9.17) is 0 Å². The van der Waals surface area contributed by atoms with Gasteiger partial charge in [0.05, 0.1) is 10.6 Å². The number of fused-ring (bicyclic) bond motifs is 1. The first kappa shape index (κ1) is 17.5. The molecule has 0 unspecified atom stereocenters. The molecule has 0 radical (unpaired) electrons. The smallest absolute Gasteiger partial charge is 0.207 e. The van der Waals surface area contributed by atoms with Crippen molar-refractivity contribution in [2.75, 3.05) is 11.9 Å². The summed E-state index contributed by atoms with van der Waals surface area (Å²) in [5.41, 5.74) is 2.97. The summed E-state index contributed by atoms with van der Waals surface area (Å²) in [6.45, 7) is 0.662. The Balaban J connectivity index is 1.51. The summed E-state index contributed by atoms with van der Waals surface area (Å²) in [4.78, 5) is 5.19. The van der Waals surface area contributed by atoms with Crippen LogP contribution in [0.4, 0.5) is 14.5 Å². The van der Waals surface area contributed by atoms with Crippen molar-refractivity contribution in [3.63, 3.8) is 0 Å². The van der Waals surface area contributed by atoms with Crippen molar-refractivity contribution in [3.05, 3.63) is 78.1 Å². The van der Waals surface area contributed by atoms with Gasteiger partial charge in [-0.1, -0.05) is 18.2 Å². The molecule has 2 N–H and O–H groups in total. The van der Waals surface area contributed by atoms with Gasteiger partial charge in [-0.2, -0.15) is 4.40 Å². The minimum Gasteiger partial charge on any atom is -0.355 e. The minimum absolute atomic E-state index is 0.479. The van der Waals surface area contributed by atoms with Crippen LogP contribution >= 0.6 is 11.9 Å². The van der Waals surface area contributed by atoms with Crippen LogP contribution in [-0.2, 0) is 6.42 Å². The molecular formula is C20H16F2N4S. The van der Waals surface area contributed by atoms with Gasteiger partial charge in [0.2, 0.25) is 5.96 Å². The number of anilines is 1. The molecule has 0 saturated heterocycles. The maximum atomic E-state index is 13.6. The third kappa shape index (κ3) is 4.09. The first-order valence-electron chi connectivity index (χ1n) is 8.44. The van der Waals surface area contributed by atoms with Gasteiger partial charge in [-0.3, -0.25) is 4.98 Å². The first-order valence-corrected chi connectivity index (χ1v) is 9.22. The fourth-order valence-corrected chi connectivity index (χ4v) is 3.55. The Morgan fingerprint density at radius 1 is 1.00 bits per heavy atom. The first-order chi connectivity index (χ1) is 13.2. The number of pyridine rings is 1. The number of rotatable bonds is 4. The summed E-state index contributed by atoms with van der Waals surface area (Å²) < 4.78 is 31.7. The number of halogens is 2. The minimum atomic E-state index is -0.603. The Morgan fingerprint density at radius 3 is 2.63 bits per heavy atom. The third-order valence-corrected chi connectivity index (χ3v) is 4.89. The molecule has 2 heterocycles. The molecule has 4 rings (SSSR count). The molecule has 0 aliphatic carbocycles. The fourth-order valence-electron chi connectivity index (χ4n) is 2.85. The number of hydrogen-bond acceptors (Lipinski definition) is 5. The number of aromatic nitrogens is 1. The highest BCUT2D eigenvalue weighted by Crippen LogP contribution is 2.39. The van der Waals surface area contributed by atoms with Crippen LogP contribution in [0.5, 0.6) is 0 Å².